The van der Waals surface area contributed by atoms with E-state index in [1.807, 2.05) is 0 Å². The van der Waals surface area contributed by atoms with E-state index in [9.17, 15) is 27.2 Å². The minimum Gasteiger partial charge on any atom is -0.492 e. The summed E-state index contributed by atoms with van der Waals surface area (Å²) in [6.45, 7) is 1.23. The van der Waals surface area contributed by atoms with Crippen molar-refractivity contribution < 1.29 is 31.9 Å². The van der Waals surface area contributed by atoms with E-state index in [0.717, 1.165) is 12.1 Å². The van der Waals surface area contributed by atoms with E-state index < -0.39 is 11.7 Å². The van der Waals surface area contributed by atoms with E-state index in [0.29, 0.717) is 38.2 Å². The van der Waals surface area contributed by atoms with Gasteiger partial charge in [-0.25, -0.2) is 4.39 Å². The summed E-state index contributed by atoms with van der Waals surface area (Å²) in [5.74, 6) is -0.582. The van der Waals surface area contributed by atoms with Gasteiger partial charge in [-0.05, 0) is 61.4 Å². The average molecular weight is 438 g/mol. The van der Waals surface area contributed by atoms with Crippen molar-refractivity contribution >= 4 is 11.8 Å². The number of halogens is 4. The van der Waals surface area contributed by atoms with E-state index in [1.165, 1.54) is 36.4 Å². The van der Waals surface area contributed by atoms with Gasteiger partial charge >= 0.3 is 6.18 Å². The summed E-state index contributed by atoms with van der Waals surface area (Å²) in [4.78, 5) is 26.4. The average Bonchev–Trinajstić information content (AvgIpc) is 2.77. The summed E-state index contributed by atoms with van der Waals surface area (Å²) in [6.07, 6.45) is -3.51. The number of amides is 2. The van der Waals surface area contributed by atoms with E-state index in [-0.39, 0.29) is 35.7 Å². The summed E-state index contributed by atoms with van der Waals surface area (Å²) in [5.41, 5.74) is -0.614. The molecular weight excluding hydrogens is 416 g/mol. The van der Waals surface area contributed by atoms with E-state index >= 15 is 0 Å². The van der Waals surface area contributed by atoms with Crippen molar-refractivity contribution in [2.24, 2.45) is 5.92 Å². The second kappa shape index (κ2) is 9.80. The Kier molecular flexibility index (Phi) is 7.14. The highest BCUT2D eigenvalue weighted by Crippen LogP contribution is 2.29. The smallest absolute Gasteiger partial charge is 0.416 e. The standard InChI is InChI=1S/C22H22F4N2O3/c23-18-5-7-19(8-6-18)31-14-11-27-20(29)15-9-12-28(13-10-15)21(30)16-1-3-17(4-2-16)22(24,25)26/h1-8,15H,9-14H2,(H,27,29). The van der Waals surface area contributed by atoms with Gasteiger partial charge in [-0.1, -0.05) is 0 Å². The minimum absolute atomic E-state index is 0.135. The topological polar surface area (TPSA) is 58.6 Å². The van der Waals surface area contributed by atoms with Gasteiger partial charge in [0, 0.05) is 24.6 Å². The lowest BCUT2D eigenvalue weighted by Crippen LogP contribution is -2.43. The first kappa shape index (κ1) is 22.6. The molecule has 1 fully saturated rings. The first-order valence-electron chi connectivity index (χ1n) is 9.86. The van der Waals surface area contributed by atoms with Gasteiger partial charge in [0.2, 0.25) is 5.91 Å². The maximum atomic E-state index is 12.8. The predicted molar refractivity (Wildman–Crippen MR) is 105 cm³/mol. The largest absolute Gasteiger partial charge is 0.492 e. The van der Waals surface area contributed by atoms with Crippen LogP contribution in [-0.2, 0) is 11.0 Å². The summed E-state index contributed by atoms with van der Waals surface area (Å²) in [7, 11) is 0. The SMILES string of the molecule is O=C(NCCOc1ccc(F)cc1)C1CCN(C(=O)c2ccc(C(F)(F)F)cc2)CC1. The maximum Gasteiger partial charge on any atom is 0.416 e. The number of rotatable bonds is 6. The highest BCUT2D eigenvalue weighted by molar-refractivity contribution is 5.94. The van der Waals surface area contributed by atoms with Gasteiger partial charge in [0.25, 0.3) is 5.91 Å². The molecule has 0 radical (unpaired) electrons. The third-order valence-electron chi connectivity index (χ3n) is 5.10. The highest BCUT2D eigenvalue weighted by Gasteiger charge is 2.31. The molecule has 0 saturated carbocycles. The van der Waals surface area contributed by atoms with Gasteiger partial charge < -0.3 is 15.0 Å². The zero-order chi connectivity index (χ0) is 22.4. The first-order chi connectivity index (χ1) is 14.7. The van der Waals surface area contributed by atoms with Crippen LogP contribution in [0.3, 0.4) is 0 Å². The molecule has 0 aliphatic carbocycles. The number of likely N-dealkylation sites (tertiary alicyclic amines) is 1. The Labute approximate surface area is 177 Å². The third-order valence-corrected chi connectivity index (χ3v) is 5.10. The molecule has 0 spiro atoms. The van der Waals surface area contributed by atoms with Crippen LogP contribution in [0.25, 0.3) is 0 Å². The number of carbonyl (C=O) groups is 2. The molecule has 0 aromatic heterocycles. The van der Waals surface area contributed by atoms with Gasteiger partial charge in [-0.2, -0.15) is 13.2 Å². The Morgan fingerprint density at radius 1 is 1.00 bits per heavy atom. The molecule has 9 heteroatoms. The molecule has 166 valence electrons. The van der Waals surface area contributed by atoms with E-state index in [2.05, 4.69) is 5.32 Å². The zero-order valence-electron chi connectivity index (χ0n) is 16.6. The molecule has 1 aliphatic rings. The highest BCUT2D eigenvalue weighted by atomic mass is 19.4. The van der Waals surface area contributed by atoms with Crippen molar-refractivity contribution in [2.45, 2.75) is 19.0 Å². The number of benzene rings is 2. The molecule has 3 rings (SSSR count). The Hall–Kier alpha value is -3.10. The van der Waals surface area contributed by atoms with Crippen LogP contribution in [0.2, 0.25) is 0 Å². The zero-order valence-corrected chi connectivity index (χ0v) is 16.6. The molecule has 0 bridgehead atoms. The molecule has 1 aliphatic heterocycles. The molecule has 1 heterocycles. The lowest BCUT2D eigenvalue weighted by molar-refractivity contribution is -0.137. The fourth-order valence-electron chi connectivity index (χ4n) is 3.35. The number of ether oxygens (including phenoxy) is 1. The fourth-order valence-corrected chi connectivity index (χ4v) is 3.35. The Morgan fingerprint density at radius 3 is 2.19 bits per heavy atom. The number of nitrogens with zero attached hydrogens (tertiary/aromatic N) is 1. The number of nitrogens with one attached hydrogen (secondary N) is 1. The lowest BCUT2D eigenvalue weighted by Gasteiger charge is -2.31. The fraction of sp³-hybridized carbons (Fsp3) is 0.364. The second-order valence-corrected chi connectivity index (χ2v) is 7.23. The van der Waals surface area contributed by atoms with Gasteiger partial charge in [0.05, 0.1) is 12.1 Å². The maximum absolute atomic E-state index is 12.8. The normalized spacial score (nSPS) is 14.9. The molecule has 0 atom stereocenters. The molecule has 1 saturated heterocycles. The van der Waals surface area contributed by atoms with E-state index in [1.54, 1.807) is 4.90 Å². The summed E-state index contributed by atoms with van der Waals surface area (Å²) >= 11 is 0. The first-order valence-corrected chi connectivity index (χ1v) is 9.86. The van der Waals surface area contributed by atoms with Crippen molar-refractivity contribution in [3.8, 4) is 5.75 Å². The third kappa shape index (κ3) is 6.19. The Balaban J connectivity index is 1.40. The molecule has 2 aromatic rings. The van der Waals surface area contributed by atoms with Crippen LogP contribution in [-0.4, -0.2) is 43.0 Å². The summed E-state index contributed by atoms with van der Waals surface area (Å²) < 4.78 is 56.2. The molecule has 5 nitrogen and oxygen atoms in total. The number of carbonyl (C=O) groups excluding carboxylic acids is 2. The second-order valence-electron chi connectivity index (χ2n) is 7.23. The molecule has 31 heavy (non-hydrogen) atoms. The lowest BCUT2D eigenvalue weighted by atomic mass is 9.95. The van der Waals surface area contributed by atoms with Crippen molar-refractivity contribution in [1.82, 2.24) is 10.2 Å². The van der Waals surface area contributed by atoms with Crippen LogP contribution in [0.1, 0.15) is 28.8 Å². The Bertz CT molecular complexity index is 890. The van der Waals surface area contributed by atoms with Crippen molar-refractivity contribution in [3.05, 3.63) is 65.5 Å². The minimum atomic E-state index is -4.45. The van der Waals surface area contributed by atoms with Gasteiger partial charge in [0.1, 0.15) is 18.2 Å². The van der Waals surface area contributed by atoms with Gasteiger partial charge in [-0.3, -0.25) is 9.59 Å². The monoisotopic (exact) mass is 438 g/mol. The van der Waals surface area contributed by atoms with Crippen molar-refractivity contribution in [2.75, 3.05) is 26.2 Å². The van der Waals surface area contributed by atoms with Gasteiger partial charge in [0.15, 0.2) is 0 Å². The van der Waals surface area contributed by atoms with Gasteiger partial charge in [-0.15, -0.1) is 0 Å². The van der Waals surface area contributed by atoms with Crippen LogP contribution < -0.4 is 10.1 Å². The van der Waals surface area contributed by atoms with E-state index in [4.69, 9.17) is 4.74 Å². The van der Waals surface area contributed by atoms with Crippen LogP contribution in [0, 0.1) is 11.7 Å². The predicted octanol–water partition coefficient (Wildman–Crippen LogP) is 3.89. The number of hydrogen-bond acceptors (Lipinski definition) is 3. The number of alkyl halides is 3. The van der Waals surface area contributed by atoms with Crippen LogP contribution >= 0.6 is 0 Å². The molecule has 0 unspecified atom stereocenters. The van der Waals surface area contributed by atoms with Crippen LogP contribution in [0.15, 0.2) is 48.5 Å². The van der Waals surface area contributed by atoms with Crippen molar-refractivity contribution in [1.29, 1.82) is 0 Å². The quantitative estimate of drug-likeness (QED) is 0.550. The molecule has 2 aromatic carbocycles. The Morgan fingerprint density at radius 2 is 1.61 bits per heavy atom. The summed E-state index contributed by atoms with van der Waals surface area (Å²) in [5, 5.41) is 2.78. The van der Waals surface area contributed by atoms with Crippen LogP contribution in [0.4, 0.5) is 17.6 Å². The molecule has 1 N–H and O–H groups in total. The number of hydrogen-bond donors (Lipinski definition) is 1. The molecule has 2 amide bonds. The van der Waals surface area contributed by atoms with Crippen molar-refractivity contribution in [3.63, 3.8) is 0 Å². The van der Waals surface area contributed by atoms with Crippen LogP contribution in [0.5, 0.6) is 5.75 Å². The summed E-state index contributed by atoms with van der Waals surface area (Å²) in [6, 6.07) is 9.70. The molecular formula is C22H22F4N2O3. The number of piperidine rings is 1.